The molecule has 1 saturated heterocycles. The molecule has 1 N–H and O–H groups in total. The normalized spacial score (nSPS) is 28.7. The van der Waals surface area contributed by atoms with Gasteiger partial charge >= 0.3 is 0 Å². The molecule has 1 nitrogen and oxygen atoms in total. The van der Waals surface area contributed by atoms with Crippen molar-refractivity contribution in [1.29, 1.82) is 0 Å². The second kappa shape index (κ2) is 3.93. The van der Waals surface area contributed by atoms with Crippen molar-refractivity contribution in [2.45, 2.75) is 19.3 Å². The molecule has 13 heavy (non-hydrogen) atoms. The summed E-state index contributed by atoms with van der Waals surface area (Å²) in [7, 11) is 0. The van der Waals surface area contributed by atoms with E-state index in [0.717, 1.165) is 11.8 Å². The van der Waals surface area contributed by atoms with Gasteiger partial charge in [-0.1, -0.05) is 37.3 Å². The van der Waals surface area contributed by atoms with Gasteiger partial charge in [0.25, 0.3) is 0 Å². The van der Waals surface area contributed by atoms with Crippen molar-refractivity contribution in [2.24, 2.45) is 5.92 Å². The molecule has 0 amide bonds. The summed E-state index contributed by atoms with van der Waals surface area (Å²) < 4.78 is 0. The zero-order valence-corrected chi connectivity index (χ0v) is 8.16. The summed E-state index contributed by atoms with van der Waals surface area (Å²) in [4.78, 5) is 0. The highest BCUT2D eigenvalue weighted by Crippen LogP contribution is 2.29. The molecule has 1 heterocycles. The largest absolute Gasteiger partial charge is 0.316 e. The van der Waals surface area contributed by atoms with Crippen molar-refractivity contribution in [3.8, 4) is 0 Å². The monoisotopic (exact) mass is 175 g/mol. The van der Waals surface area contributed by atoms with Crippen LogP contribution in [-0.2, 0) is 0 Å². The van der Waals surface area contributed by atoms with Gasteiger partial charge in [0.2, 0.25) is 0 Å². The van der Waals surface area contributed by atoms with E-state index >= 15 is 0 Å². The Morgan fingerprint density at radius 1 is 1.23 bits per heavy atom. The van der Waals surface area contributed by atoms with Crippen molar-refractivity contribution >= 4 is 0 Å². The number of nitrogens with one attached hydrogen (secondary N) is 1. The van der Waals surface area contributed by atoms with Crippen LogP contribution in [0.25, 0.3) is 0 Å². The quantitative estimate of drug-likeness (QED) is 0.691. The Bertz CT molecular complexity index is 255. The number of hydrogen-bond acceptors (Lipinski definition) is 1. The van der Waals surface area contributed by atoms with Crippen molar-refractivity contribution in [3.63, 3.8) is 0 Å². The number of piperidine rings is 1. The summed E-state index contributed by atoms with van der Waals surface area (Å²) in [6.45, 7) is 4.67. The Morgan fingerprint density at radius 2 is 2.00 bits per heavy atom. The first-order chi connectivity index (χ1) is 6.38. The Balaban J connectivity index is 2.15. The smallest absolute Gasteiger partial charge is 0.00173 e. The topological polar surface area (TPSA) is 12.0 Å². The van der Waals surface area contributed by atoms with Gasteiger partial charge in [-0.15, -0.1) is 0 Å². The van der Waals surface area contributed by atoms with Gasteiger partial charge < -0.3 is 5.32 Å². The molecule has 70 valence electrons. The second-order valence-electron chi connectivity index (χ2n) is 3.99. The molecule has 1 aliphatic heterocycles. The predicted molar refractivity (Wildman–Crippen MR) is 55.8 cm³/mol. The summed E-state index contributed by atoms with van der Waals surface area (Å²) in [6.07, 6.45) is 1.28. The molecule has 1 unspecified atom stereocenters. The fourth-order valence-electron chi connectivity index (χ4n) is 2.21. The van der Waals surface area contributed by atoms with Crippen LogP contribution in [0.2, 0.25) is 0 Å². The van der Waals surface area contributed by atoms with E-state index in [-0.39, 0.29) is 0 Å². The Labute approximate surface area is 80.2 Å². The van der Waals surface area contributed by atoms with Gasteiger partial charge in [0.1, 0.15) is 0 Å². The maximum absolute atomic E-state index is 3.43. The highest BCUT2D eigenvalue weighted by atomic mass is 14.9. The molecule has 0 bridgehead atoms. The van der Waals surface area contributed by atoms with Gasteiger partial charge in [0.15, 0.2) is 0 Å². The van der Waals surface area contributed by atoms with E-state index in [4.69, 9.17) is 0 Å². The van der Waals surface area contributed by atoms with E-state index in [0.29, 0.717) is 0 Å². The number of rotatable bonds is 1. The van der Waals surface area contributed by atoms with Gasteiger partial charge in [-0.2, -0.15) is 0 Å². The molecule has 1 aromatic rings. The van der Waals surface area contributed by atoms with Crippen LogP contribution in [0.15, 0.2) is 30.3 Å². The maximum atomic E-state index is 3.43. The Kier molecular flexibility index (Phi) is 2.65. The van der Waals surface area contributed by atoms with Crippen molar-refractivity contribution in [2.75, 3.05) is 13.1 Å². The molecule has 2 atom stereocenters. The molecule has 0 radical (unpaired) electrons. The third-order valence-corrected chi connectivity index (χ3v) is 3.01. The standard InChI is InChI=1S/C12H17N/c1-10-9-13-8-7-12(10)11-5-3-2-4-6-11/h2-6,10,12-13H,7-9H2,1H3/t10-,12?/m1/s1. The molecular weight excluding hydrogens is 158 g/mol. The van der Waals surface area contributed by atoms with Gasteiger partial charge in [-0.25, -0.2) is 0 Å². The van der Waals surface area contributed by atoms with Crippen molar-refractivity contribution in [1.82, 2.24) is 5.32 Å². The lowest BCUT2D eigenvalue weighted by molar-refractivity contribution is 0.349. The van der Waals surface area contributed by atoms with E-state index in [2.05, 4.69) is 42.6 Å². The third-order valence-electron chi connectivity index (χ3n) is 3.01. The van der Waals surface area contributed by atoms with E-state index in [1.165, 1.54) is 25.1 Å². The summed E-state index contributed by atoms with van der Waals surface area (Å²) in [5, 5.41) is 3.43. The Hall–Kier alpha value is -0.820. The summed E-state index contributed by atoms with van der Waals surface area (Å²) in [5.74, 6) is 1.54. The van der Waals surface area contributed by atoms with Crippen molar-refractivity contribution < 1.29 is 0 Å². The fourth-order valence-corrected chi connectivity index (χ4v) is 2.21. The molecule has 1 heteroatoms. The lowest BCUT2D eigenvalue weighted by Gasteiger charge is -2.29. The molecule has 1 fully saturated rings. The highest BCUT2D eigenvalue weighted by Gasteiger charge is 2.21. The van der Waals surface area contributed by atoms with Crippen LogP contribution in [-0.4, -0.2) is 13.1 Å². The Morgan fingerprint density at radius 3 is 2.69 bits per heavy atom. The molecule has 0 saturated carbocycles. The third kappa shape index (κ3) is 1.92. The summed E-state index contributed by atoms with van der Waals surface area (Å²) in [6, 6.07) is 10.9. The van der Waals surface area contributed by atoms with Gasteiger partial charge in [-0.05, 0) is 36.9 Å². The first kappa shape index (κ1) is 8.76. The maximum Gasteiger partial charge on any atom is -0.00173 e. The van der Waals surface area contributed by atoms with Crippen LogP contribution in [0.1, 0.15) is 24.8 Å². The van der Waals surface area contributed by atoms with Crippen LogP contribution in [0.3, 0.4) is 0 Å². The predicted octanol–water partition coefficient (Wildman–Crippen LogP) is 2.40. The first-order valence-electron chi connectivity index (χ1n) is 5.13. The highest BCUT2D eigenvalue weighted by molar-refractivity contribution is 5.20. The van der Waals surface area contributed by atoms with Gasteiger partial charge in [-0.3, -0.25) is 0 Å². The SMILES string of the molecule is C[C@@H]1CNCCC1c1ccccc1. The van der Waals surface area contributed by atoms with Crippen LogP contribution in [0.4, 0.5) is 0 Å². The van der Waals surface area contributed by atoms with Gasteiger partial charge in [0, 0.05) is 0 Å². The van der Waals surface area contributed by atoms with Crippen LogP contribution in [0.5, 0.6) is 0 Å². The molecule has 2 rings (SSSR count). The zero-order valence-electron chi connectivity index (χ0n) is 8.16. The summed E-state index contributed by atoms with van der Waals surface area (Å²) >= 11 is 0. The van der Waals surface area contributed by atoms with Crippen LogP contribution in [0, 0.1) is 5.92 Å². The molecule has 0 aliphatic carbocycles. The van der Waals surface area contributed by atoms with E-state index < -0.39 is 0 Å². The summed E-state index contributed by atoms with van der Waals surface area (Å²) in [5.41, 5.74) is 1.51. The molecule has 1 aromatic carbocycles. The lowest BCUT2D eigenvalue weighted by atomic mass is 9.82. The van der Waals surface area contributed by atoms with Crippen LogP contribution >= 0.6 is 0 Å². The second-order valence-corrected chi connectivity index (χ2v) is 3.99. The number of hydrogen-bond donors (Lipinski definition) is 1. The molecular formula is C12H17N. The number of benzene rings is 1. The minimum absolute atomic E-state index is 0.766. The molecule has 0 aromatic heterocycles. The fraction of sp³-hybridized carbons (Fsp3) is 0.500. The van der Waals surface area contributed by atoms with Crippen LogP contribution < -0.4 is 5.32 Å². The lowest BCUT2D eigenvalue weighted by Crippen LogP contribution is -2.33. The van der Waals surface area contributed by atoms with E-state index in [1.807, 2.05) is 0 Å². The zero-order chi connectivity index (χ0) is 9.10. The average molecular weight is 175 g/mol. The minimum atomic E-state index is 0.766. The average Bonchev–Trinajstić information content (AvgIpc) is 2.20. The van der Waals surface area contributed by atoms with E-state index in [1.54, 1.807) is 0 Å². The molecule has 1 aliphatic rings. The molecule has 0 spiro atoms. The first-order valence-corrected chi connectivity index (χ1v) is 5.13. The minimum Gasteiger partial charge on any atom is -0.316 e. The van der Waals surface area contributed by atoms with E-state index in [9.17, 15) is 0 Å². The van der Waals surface area contributed by atoms with Gasteiger partial charge in [0.05, 0.1) is 0 Å². The van der Waals surface area contributed by atoms with Crippen molar-refractivity contribution in [3.05, 3.63) is 35.9 Å².